The van der Waals surface area contributed by atoms with E-state index in [0.717, 1.165) is 0 Å². The molecule has 0 amide bonds. The van der Waals surface area contributed by atoms with Crippen LogP contribution in [0.3, 0.4) is 0 Å². The first-order valence-electron chi connectivity index (χ1n) is 3.23. The van der Waals surface area contributed by atoms with E-state index in [1.165, 1.54) is 0 Å². The van der Waals surface area contributed by atoms with Gasteiger partial charge >= 0.3 is 5.97 Å². The lowest BCUT2D eigenvalue weighted by molar-refractivity contribution is -0.167. The van der Waals surface area contributed by atoms with Crippen LogP contribution in [0.2, 0.25) is 0 Å². The van der Waals surface area contributed by atoms with Gasteiger partial charge in [-0.2, -0.15) is 0 Å². The van der Waals surface area contributed by atoms with E-state index in [0.29, 0.717) is 6.61 Å². The number of carbonyl (C=O) groups is 1. The lowest BCUT2D eigenvalue weighted by Crippen LogP contribution is -2.63. The van der Waals surface area contributed by atoms with Crippen LogP contribution in [0.4, 0.5) is 0 Å². The Morgan fingerprint density at radius 1 is 1.80 bits per heavy atom. The quantitative estimate of drug-likeness (QED) is 0.521. The predicted molar refractivity (Wildman–Crippen MR) is 34.4 cm³/mol. The highest BCUT2D eigenvalue weighted by Crippen LogP contribution is 2.14. The van der Waals surface area contributed by atoms with Crippen LogP contribution < -0.4 is 5.73 Å². The second-order valence-electron chi connectivity index (χ2n) is 2.37. The van der Waals surface area contributed by atoms with Gasteiger partial charge in [0.2, 0.25) is 0 Å². The lowest BCUT2D eigenvalue weighted by atomic mass is 10.00. The van der Waals surface area contributed by atoms with Crippen molar-refractivity contribution in [3.05, 3.63) is 0 Å². The minimum absolute atomic E-state index is 0.284. The van der Waals surface area contributed by atoms with Crippen molar-refractivity contribution in [2.24, 2.45) is 5.73 Å². The third-order valence-electron chi connectivity index (χ3n) is 1.40. The summed E-state index contributed by atoms with van der Waals surface area (Å²) in [6.07, 6.45) is 0. The van der Waals surface area contributed by atoms with E-state index in [1.807, 2.05) is 0 Å². The first-order valence-corrected chi connectivity index (χ1v) is 3.23. The molecule has 1 fully saturated rings. The largest absolute Gasteiger partial charge is 0.464 e. The fraction of sp³-hybridized carbons (Fsp3) is 0.833. The fourth-order valence-electron chi connectivity index (χ4n) is 0.715. The molecular formula is C6H11NO3. The highest BCUT2D eigenvalue weighted by atomic mass is 16.6. The Morgan fingerprint density at radius 3 is 2.70 bits per heavy atom. The molecule has 4 nitrogen and oxygen atoms in total. The average Bonchev–Trinajstić information content (AvgIpc) is 1.83. The van der Waals surface area contributed by atoms with Gasteiger partial charge in [0.1, 0.15) is 0 Å². The minimum Gasteiger partial charge on any atom is -0.464 e. The Hall–Kier alpha value is -0.610. The van der Waals surface area contributed by atoms with Gasteiger partial charge in [-0.1, -0.05) is 0 Å². The molecule has 0 aromatic rings. The molecule has 0 spiro atoms. The Labute approximate surface area is 59.3 Å². The molecule has 0 radical (unpaired) electrons. The van der Waals surface area contributed by atoms with Gasteiger partial charge in [-0.25, -0.2) is 4.79 Å². The predicted octanol–water partition coefficient (Wildman–Crippen LogP) is -0.723. The first-order chi connectivity index (χ1) is 4.69. The van der Waals surface area contributed by atoms with E-state index in [2.05, 4.69) is 0 Å². The van der Waals surface area contributed by atoms with Crippen molar-refractivity contribution >= 4 is 5.97 Å². The Kier molecular flexibility index (Phi) is 1.92. The summed E-state index contributed by atoms with van der Waals surface area (Å²) in [5.74, 6) is -0.360. The van der Waals surface area contributed by atoms with Crippen LogP contribution >= 0.6 is 0 Å². The molecule has 4 heteroatoms. The molecule has 1 aliphatic rings. The van der Waals surface area contributed by atoms with Crippen molar-refractivity contribution in [1.82, 2.24) is 0 Å². The first kappa shape index (κ1) is 7.50. The van der Waals surface area contributed by atoms with Crippen molar-refractivity contribution in [2.45, 2.75) is 12.5 Å². The molecule has 10 heavy (non-hydrogen) atoms. The number of hydrogen-bond donors (Lipinski definition) is 1. The Bertz CT molecular complexity index is 142. The fourth-order valence-corrected chi connectivity index (χ4v) is 0.715. The number of ether oxygens (including phenoxy) is 2. The summed E-state index contributed by atoms with van der Waals surface area (Å²) in [4.78, 5) is 10.9. The lowest BCUT2D eigenvalue weighted by Gasteiger charge is -2.34. The summed E-state index contributed by atoms with van der Waals surface area (Å²) in [7, 11) is 0. The molecule has 1 saturated heterocycles. The van der Waals surface area contributed by atoms with Crippen molar-refractivity contribution < 1.29 is 14.3 Å². The summed E-state index contributed by atoms with van der Waals surface area (Å²) in [5, 5.41) is 0. The van der Waals surface area contributed by atoms with E-state index in [4.69, 9.17) is 15.2 Å². The second-order valence-corrected chi connectivity index (χ2v) is 2.37. The number of rotatable bonds is 2. The van der Waals surface area contributed by atoms with Gasteiger partial charge in [0.05, 0.1) is 19.8 Å². The highest BCUT2D eigenvalue weighted by Gasteiger charge is 2.43. The highest BCUT2D eigenvalue weighted by molar-refractivity contribution is 5.81. The normalized spacial score (nSPS) is 21.4. The molecule has 0 aromatic heterocycles. The minimum atomic E-state index is -0.851. The van der Waals surface area contributed by atoms with Crippen LogP contribution in [0.1, 0.15) is 6.92 Å². The van der Waals surface area contributed by atoms with Gasteiger partial charge in [-0.05, 0) is 6.92 Å². The van der Waals surface area contributed by atoms with Crippen molar-refractivity contribution in [3.8, 4) is 0 Å². The molecular weight excluding hydrogens is 134 g/mol. The van der Waals surface area contributed by atoms with Crippen molar-refractivity contribution in [1.29, 1.82) is 0 Å². The zero-order valence-corrected chi connectivity index (χ0v) is 5.92. The smallest absolute Gasteiger partial charge is 0.330 e. The van der Waals surface area contributed by atoms with E-state index in [1.54, 1.807) is 6.92 Å². The topological polar surface area (TPSA) is 61.5 Å². The zero-order chi connectivity index (χ0) is 7.61. The van der Waals surface area contributed by atoms with Crippen molar-refractivity contribution in [2.75, 3.05) is 19.8 Å². The Balaban J connectivity index is 2.39. The van der Waals surface area contributed by atoms with Gasteiger partial charge in [-0.3, -0.25) is 0 Å². The van der Waals surface area contributed by atoms with Gasteiger partial charge in [0, 0.05) is 0 Å². The molecule has 0 bridgehead atoms. The molecule has 2 N–H and O–H groups in total. The van der Waals surface area contributed by atoms with Crippen LogP contribution in [-0.2, 0) is 14.3 Å². The number of hydrogen-bond acceptors (Lipinski definition) is 4. The molecule has 0 aliphatic carbocycles. The van der Waals surface area contributed by atoms with Gasteiger partial charge in [0.15, 0.2) is 5.54 Å². The molecule has 0 aromatic carbocycles. The maximum atomic E-state index is 10.9. The van der Waals surface area contributed by atoms with Crippen LogP contribution in [-0.4, -0.2) is 31.3 Å². The van der Waals surface area contributed by atoms with E-state index < -0.39 is 5.54 Å². The SMILES string of the molecule is CCOC(=O)C1(N)COC1. The summed E-state index contributed by atoms with van der Waals surface area (Å²) < 4.78 is 9.48. The van der Waals surface area contributed by atoms with Gasteiger partial charge in [0.25, 0.3) is 0 Å². The summed E-state index contributed by atoms with van der Waals surface area (Å²) >= 11 is 0. The van der Waals surface area contributed by atoms with Crippen LogP contribution in [0, 0.1) is 0 Å². The molecule has 58 valence electrons. The van der Waals surface area contributed by atoms with Crippen LogP contribution in [0.25, 0.3) is 0 Å². The molecule has 0 saturated carbocycles. The van der Waals surface area contributed by atoms with E-state index in [-0.39, 0.29) is 19.2 Å². The second kappa shape index (κ2) is 2.56. The number of nitrogens with two attached hydrogens (primary N) is 1. The average molecular weight is 145 g/mol. The van der Waals surface area contributed by atoms with Crippen LogP contribution in [0.5, 0.6) is 0 Å². The molecule has 1 aliphatic heterocycles. The monoisotopic (exact) mass is 145 g/mol. The van der Waals surface area contributed by atoms with Crippen molar-refractivity contribution in [3.63, 3.8) is 0 Å². The Morgan fingerprint density at radius 2 is 2.40 bits per heavy atom. The third kappa shape index (κ3) is 1.12. The summed E-state index contributed by atoms with van der Waals surface area (Å²) in [6, 6.07) is 0. The summed E-state index contributed by atoms with van der Waals surface area (Å²) in [6.45, 7) is 2.69. The zero-order valence-electron chi connectivity index (χ0n) is 5.92. The molecule has 0 unspecified atom stereocenters. The molecule has 1 rings (SSSR count). The number of esters is 1. The molecule has 0 atom stereocenters. The third-order valence-corrected chi connectivity index (χ3v) is 1.40. The summed E-state index contributed by atoms with van der Waals surface area (Å²) in [5.41, 5.74) is 4.68. The standard InChI is InChI=1S/C6H11NO3/c1-2-10-5(8)6(7)3-9-4-6/h2-4,7H2,1H3. The van der Waals surface area contributed by atoms with E-state index in [9.17, 15) is 4.79 Å². The van der Waals surface area contributed by atoms with Gasteiger partial charge in [-0.15, -0.1) is 0 Å². The number of carbonyl (C=O) groups excluding carboxylic acids is 1. The molecule has 1 heterocycles. The van der Waals surface area contributed by atoms with Crippen LogP contribution in [0.15, 0.2) is 0 Å². The maximum absolute atomic E-state index is 10.9. The van der Waals surface area contributed by atoms with E-state index >= 15 is 0 Å². The maximum Gasteiger partial charge on any atom is 0.330 e. The van der Waals surface area contributed by atoms with Gasteiger partial charge < -0.3 is 15.2 Å².